The van der Waals surface area contributed by atoms with Crippen molar-refractivity contribution in [1.82, 2.24) is 20.1 Å². The summed E-state index contributed by atoms with van der Waals surface area (Å²) in [6.07, 6.45) is 0.395. The standard InChI is InChI=1S/C29H38FN5O5/c1-20(2)31-29(37)34(12-11-33-13-15-40-16-14-33)19-28(36)35-26(21-5-7-22(30)8-6-21)18-25(32-35)24-10-9-23(38-3)17-27(24)39-4/h5-10,17,20,26H,11-16,18-19H2,1-4H3,(H,31,37)/t26-/m1/s1. The number of rotatable bonds is 10. The number of carbonyl (C=O) groups excluding carboxylic acids is 2. The lowest BCUT2D eigenvalue weighted by atomic mass is 9.97. The minimum absolute atomic E-state index is 0.0839. The van der Waals surface area contributed by atoms with E-state index in [2.05, 4.69) is 10.2 Å². The third-order valence-corrected chi connectivity index (χ3v) is 6.96. The van der Waals surface area contributed by atoms with Gasteiger partial charge in [0.2, 0.25) is 0 Å². The normalized spacial score (nSPS) is 17.5. The summed E-state index contributed by atoms with van der Waals surface area (Å²) < 4.78 is 30.1. The van der Waals surface area contributed by atoms with Crippen LogP contribution in [-0.2, 0) is 9.53 Å². The number of nitrogens with one attached hydrogen (secondary N) is 1. The first kappa shape index (κ1) is 29.3. The quantitative estimate of drug-likeness (QED) is 0.484. The molecule has 0 spiro atoms. The minimum atomic E-state index is -0.468. The van der Waals surface area contributed by atoms with Crippen LogP contribution in [0.2, 0.25) is 0 Å². The summed E-state index contributed by atoms with van der Waals surface area (Å²) >= 11 is 0. The number of hydrogen-bond acceptors (Lipinski definition) is 7. The Morgan fingerprint density at radius 2 is 1.85 bits per heavy atom. The molecule has 2 heterocycles. The molecule has 2 aromatic rings. The first-order valence-electron chi connectivity index (χ1n) is 13.5. The van der Waals surface area contributed by atoms with Crippen molar-refractivity contribution in [3.05, 3.63) is 59.4 Å². The molecule has 2 aliphatic rings. The van der Waals surface area contributed by atoms with E-state index < -0.39 is 6.04 Å². The second kappa shape index (κ2) is 13.6. The van der Waals surface area contributed by atoms with Crippen LogP contribution in [-0.4, -0.2) is 98.7 Å². The van der Waals surface area contributed by atoms with Gasteiger partial charge in [-0.3, -0.25) is 9.69 Å². The van der Waals surface area contributed by atoms with Crippen LogP contribution in [0.3, 0.4) is 0 Å². The number of hydrogen-bond donors (Lipinski definition) is 1. The molecule has 3 amide bonds. The maximum absolute atomic E-state index is 13.8. The van der Waals surface area contributed by atoms with E-state index in [9.17, 15) is 14.0 Å². The molecule has 1 fully saturated rings. The Hall–Kier alpha value is -3.70. The Labute approximate surface area is 234 Å². The SMILES string of the molecule is COc1ccc(C2=NN(C(=O)CN(CCN3CCOCC3)C(=O)NC(C)C)[C@@H](c3ccc(F)cc3)C2)c(OC)c1. The molecule has 0 bridgehead atoms. The van der Waals surface area contributed by atoms with Gasteiger partial charge in [-0.25, -0.2) is 14.2 Å². The van der Waals surface area contributed by atoms with Crippen LogP contribution in [0.1, 0.15) is 37.4 Å². The number of nitrogens with zero attached hydrogens (tertiary/aromatic N) is 4. The van der Waals surface area contributed by atoms with E-state index in [1.54, 1.807) is 38.5 Å². The summed E-state index contributed by atoms with van der Waals surface area (Å²) in [7, 11) is 3.14. The van der Waals surface area contributed by atoms with Gasteiger partial charge < -0.3 is 24.4 Å². The van der Waals surface area contributed by atoms with E-state index in [0.717, 1.165) is 24.2 Å². The van der Waals surface area contributed by atoms with Crippen molar-refractivity contribution in [2.45, 2.75) is 32.4 Å². The molecule has 1 N–H and O–H groups in total. The highest BCUT2D eigenvalue weighted by atomic mass is 19.1. The molecule has 10 nitrogen and oxygen atoms in total. The van der Waals surface area contributed by atoms with Gasteiger partial charge in [-0.05, 0) is 43.7 Å². The van der Waals surface area contributed by atoms with Crippen LogP contribution in [0.5, 0.6) is 11.5 Å². The van der Waals surface area contributed by atoms with E-state index in [-0.39, 0.29) is 30.3 Å². The summed E-state index contributed by atoms with van der Waals surface area (Å²) in [5.41, 5.74) is 2.12. The van der Waals surface area contributed by atoms with Crippen molar-refractivity contribution in [1.29, 1.82) is 0 Å². The van der Waals surface area contributed by atoms with Crippen LogP contribution in [0.15, 0.2) is 47.6 Å². The summed E-state index contributed by atoms with van der Waals surface area (Å²) in [6.45, 7) is 7.47. The number of carbonyl (C=O) groups is 2. The van der Waals surface area contributed by atoms with Crippen molar-refractivity contribution in [3.63, 3.8) is 0 Å². The number of methoxy groups -OCH3 is 2. The number of ether oxygens (including phenoxy) is 3. The number of halogens is 1. The van der Waals surface area contributed by atoms with Gasteiger partial charge >= 0.3 is 6.03 Å². The average Bonchev–Trinajstić information content (AvgIpc) is 3.40. The largest absolute Gasteiger partial charge is 0.497 e. The highest BCUT2D eigenvalue weighted by Crippen LogP contribution is 2.36. The second-order valence-corrected chi connectivity index (χ2v) is 10.1. The third-order valence-electron chi connectivity index (χ3n) is 6.96. The smallest absolute Gasteiger partial charge is 0.318 e. The first-order valence-corrected chi connectivity index (χ1v) is 13.5. The van der Waals surface area contributed by atoms with Crippen molar-refractivity contribution in [2.75, 3.05) is 60.2 Å². The Bertz CT molecular complexity index is 1200. The monoisotopic (exact) mass is 555 g/mol. The van der Waals surface area contributed by atoms with Crippen LogP contribution in [0.25, 0.3) is 0 Å². The number of amides is 3. The molecule has 2 aromatic carbocycles. The lowest BCUT2D eigenvalue weighted by Crippen LogP contribution is -2.50. The maximum atomic E-state index is 13.8. The molecule has 0 aliphatic carbocycles. The molecule has 0 aromatic heterocycles. The molecule has 11 heteroatoms. The fourth-order valence-corrected chi connectivity index (χ4v) is 4.80. The number of benzene rings is 2. The molecule has 1 atom stereocenters. The predicted octanol–water partition coefficient (Wildman–Crippen LogP) is 3.27. The summed E-state index contributed by atoms with van der Waals surface area (Å²) in [4.78, 5) is 30.7. The Kier molecular flexibility index (Phi) is 9.94. The van der Waals surface area contributed by atoms with Crippen LogP contribution in [0, 0.1) is 5.82 Å². The zero-order chi connectivity index (χ0) is 28.6. The van der Waals surface area contributed by atoms with Gasteiger partial charge in [0.05, 0.1) is 39.2 Å². The minimum Gasteiger partial charge on any atom is -0.497 e. The third kappa shape index (κ3) is 7.28. The topological polar surface area (TPSA) is 95.9 Å². The van der Waals surface area contributed by atoms with E-state index in [0.29, 0.717) is 49.9 Å². The molecule has 0 radical (unpaired) electrons. The van der Waals surface area contributed by atoms with Gasteiger partial charge in [-0.2, -0.15) is 5.10 Å². The van der Waals surface area contributed by atoms with Gasteiger partial charge in [0.1, 0.15) is 23.9 Å². The number of urea groups is 1. The molecule has 0 unspecified atom stereocenters. The molecule has 4 rings (SSSR count). The van der Waals surface area contributed by atoms with Crippen LogP contribution in [0.4, 0.5) is 9.18 Å². The molecule has 40 heavy (non-hydrogen) atoms. The molecule has 0 saturated carbocycles. The number of hydrazone groups is 1. The first-order chi connectivity index (χ1) is 19.3. The highest BCUT2D eigenvalue weighted by molar-refractivity contribution is 6.05. The van der Waals surface area contributed by atoms with E-state index in [4.69, 9.17) is 19.3 Å². The van der Waals surface area contributed by atoms with E-state index in [1.807, 2.05) is 19.9 Å². The van der Waals surface area contributed by atoms with E-state index >= 15 is 0 Å². The summed E-state index contributed by atoms with van der Waals surface area (Å²) in [6, 6.07) is 10.6. The Balaban J connectivity index is 1.60. The van der Waals surface area contributed by atoms with Crippen molar-refractivity contribution in [2.24, 2.45) is 5.10 Å². The fourth-order valence-electron chi connectivity index (χ4n) is 4.80. The van der Waals surface area contributed by atoms with Crippen molar-refractivity contribution in [3.8, 4) is 11.5 Å². The lowest BCUT2D eigenvalue weighted by molar-refractivity contribution is -0.133. The van der Waals surface area contributed by atoms with Gasteiger partial charge in [0.25, 0.3) is 5.91 Å². The Morgan fingerprint density at radius 3 is 2.50 bits per heavy atom. The molecule has 1 saturated heterocycles. The summed E-state index contributed by atoms with van der Waals surface area (Å²) in [5, 5.41) is 9.04. The zero-order valence-electron chi connectivity index (χ0n) is 23.6. The van der Waals surface area contributed by atoms with Crippen molar-refractivity contribution < 1.29 is 28.2 Å². The van der Waals surface area contributed by atoms with Gasteiger partial charge in [-0.1, -0.05) is 12.1 Å². The molecular weight excluding hydrogens is 517 g/mol. The van der Waals surface area contributed by atoms with Crippen LogP contribution >= 0.6 is 0 Å². The molecular formula is C29H38FN5O5. The van der Waals surface area contributed by atoms with Crippen LogP contribution < -0.4 is 14.8 Å². The van der Waals surface area contributed by atoms with Crippen molar-refractivity contribution >= 4 is 17.6 Å². The molecule has 2 aliphatic heterocycles. The molecule has 216 valence electrons. The zero-order valence-corrected chi connectivity index (χ0v) is 23.6. The fraction of sp³-hybridized carbons (Fsp3) is 0.483. The highest BCUT2D eigenvalue weighted by Gasteiger charge is 2.35. The van der Waals surface area contributed by atoms with Gasteiger partial charge in [-0.15, -0.1) is 0 Å². The predicted molar refractivity (Wildman–Crippen MR) is 149 cm³/mol. The average molecular weight is 556 g/mol. The summed E-state index contributed by atoms with van der Waals surface area (Å²) in [5.74, 6) is 0.498. The maximum Gasteiger partial charge on any atom is 0.318 e. The van der Waals surface area contributed by atoms with E-state index in [1.165, 1.54) is 22.0 Å². The van der Waals surface area contributed by atoms with Gasteiger partial charge in [0.15, 0.2) is 0 Å². The Morgan fingerprint density at radius 1 is 1.12 bits per heavy atom. The second-order valence-electron chi connectivity index (χ2n) is 10.1. The number of morpholine rings is 1. The van der Waals surface area contributed by atoms with Gasteiger partial charge in [0, 0.05) is 50.3 Å². The lowest BCUT2D eigenvalue weighted by Gasteiger charge is -2.31.